The number of methoxy groups -OCH3 is 1. The minimum atomic E-state index is -4.02. The molecule has 0 aliphatic carbocycles. The number of nitrogens with zero attached hydrogens (tertiary/aromatic N) is 1. The van der Waals surface area contributed by atoms with Gasteiger partial charge in [0.25, 0.3) is 10.0 Å². The van der Waals surface area contributed by atoms with Crippen LogP contribution in [0.25, 0.3) is 10.9 Å². The van der Waals surface area contributed by atoms with Crippen LogP contribution in [-0.2, 0) is 14.8 Å². The van der Waals surface area contributed by atoms with Crippen molar-refractivity contribution in [2.45, 2.75) is 18.7 Å². The number of aromatic nitrogens is 1. The molecule has 2 aromatic carbocycles. The Bertz CT molecular complexity index is 1120. The number of carbonyl (C=O) groups is 1. The van der Waals surface area contributed by atoms with Crippen molar-refractivity contribution in [1.29, 1.82) is 0 Å². The summed E-state index contributed by atoms with van der Waals surface area (Å²) < 4.78 is 38.6. The third kappa shape index (κ3) is 3.46. The normalized spacial score (nSPS) is 11.6. The van der Waals surface area contributed by atoms with Gasteiger partial charge in [0.15, 0.2) is 0 Å². The van der Waals surface area contributed by atoms with Gasteiger partial charge in [-0.25, -0.2) is 17.2 Å². The first-order valence-corrected chi connectivity index (χ1v) is 10.4. The molecule has 0 amide bonds. The van der Waals surface area contributed by atoms with Crippen molar-refractivity contribution < 1.29 is 22.7 Å². The largest absolute Gasteiger partial charge is 0.496 e. The standard InChI is InChI=1S/C19H18BrNO5S/c1-4-26-19(22)17-9-13-10-18(25-3)15(20)11-16(13)21(17)27(23,24)14-7-5-12(2)6-8-14/h5-11H,4H2,1-3H3. The maximum absolute atomic E-state index is 13.3. The number of fused-ring (bicyclic) bond motifs is 1. The van der Waals surface area contributed by atoms with E-state index < -0.39 is 16.0 Å². The lowest BCUT2D eigenvalue weighted by Crippen LogP contribution is -2.19. The van der Waals surface area contributed by atoms with Gasteiger partial charge in [0.05, 0.1) is 28.6 Å². The van der Waals surface area contributed by atoms with E-state index in [0.717, 1.165) is 9.54 Å². The quantitative estimate of drug-likeness (QED) is 0.545. The van der Waals surface area contributed by atoms with Crippen LogP contribution in [0.3, 0.4) is 0 Å². The SMILES string of the molecule is CCOC(=O)c1cc2cc(OC)c(Br)cc2n1S(=O)(=O)c1ccc(C)cc1. The molecule has 0 bridgehead atoms. The third-order valence-corrected chi connectivity index (χ3v) is 6.44. The lowest BCUT2D eigenvalue weighted by atomic mass is 10.2. The lowest BCUT2D eigenvalue weighted by Gasteiger charge is -2.12. The highest BCUT2D eigenvalue weighted by Gasteiger charge is 2.27. The number of rotatable bonds is 5. The molecule has 0 spiro atoms. The second kappa shape index (κ2) is 7.36. The Morgan fingerprint density at radius 2 is 1.81 bits per heavy atom. The molecule has 142 valence electrons. The van der Waals surface area contributed by atoms with Crippen LogP contribution >= 0.6 is 15.9 Å². The monoisotopic (exact) mass is 451 g/mol. The number of esters is 1. The smallest absolute Gasteiger partial charge is 0.356 e. The number of halogens is 1. The zero-order chi connectivity index (χ0) is 19.8. The molecule has 1 aromatic heterocycles. The number of hydrogen-bond acceptors (Lipinski definition) is 5. The summed E-state index contributed by atoms with van der Waals surface area (Å²) in [5, 5.41) is 0.550. The van der Waals surface area contributed by atoms with Gasteiger partial charge in [-0.2, -0.15) is 0 Å². The van der Waals surface area contributed by atoms with Gasteiger partial charge in [-0.15, -0.1) is 0 Å². The van der Waals surface area contributed by atoms with E-state index in [-0.39, 0.29) is 17.2 Å². The van der Waals surface area contributed by atoms with Crippen molar-refractivity contribution in [3.63, 3.8) is 0 Å². The lowest BCUT2D eigenvalue weighted by molar-refractivity contribution is 0.0518. The minimum Gasteiger partial charge on any atom is -0.496 e. The van der Waals surface area contributed by atoms with Gasteiger partial charge in [0.2, 0.25) is 0 Å². The Morgan fingerprint density at radius 3 is 2.41 bits per heavy atom. The summed E-state index contributed by atoms with van der Waals surface area (Å²) in [6.07, 6.45) is 0. The van der Waals surface area contributed by atoms with E-state index in [0.29, 0.717) is 21.1 Å². The zero-order valence-corrected chi connectivity index (χ0v) is 17.4. The molecule has 3 aromatic rings. The molecule has 0 radical (unpaired) electrons. The number of hydrogen-bond donors (Lipinski definition) is 0. The van der Waals surface area contributed by atoms with Gasteiger partial charge in [-0.05, 0) is 60.1 Å². The molecule has 0 atom stereocenters. The molecule has 0 aliphatic rings. The summed E-state index contributed by atoms with van der Waals surface area (Å²) in [4.78, 5) is 12.5. The van der Waals surface area contributed by atoms with Crippen molar-refractivity contribution in [1.82, 2.24) is 3.97 Å². The van der Waals surface area contributed by atoms with E-state index in [9.17, 15) is 13.2 Å². The van der Waals surface area contributed by atoms with Gasteiger partial charge in [0, 0.05) is 5.39 Å². The Balaban J connectivity index is 2.34. The Kier molecular flexibility index (Phi) is 5.30. The third-order valence-electron chi connectivity index (χ3n) is 4.07. The number of aryl methyl sites for hydroxylation is 1. The maximum Gasteiger partial charge on any atom is 0.356 e. The molecule has 1 heterocycles. The second-order valence-electron chi connectivity index (χ2n) is 5.88. The molecule has 0 N–H and O–H groups in total. The summed E-state index contributed by atoms with van der Waals surface area (Å²) in [7, 11) is -2.50. The summed E-state index contributed by atoms with van der Waals surface area (Å²) in [6.45, 7) is 3.67. The highest BCUT2D eigenvalue weighted by molar-refractivity contribution is 9.10. The maximum atomic E-state index is 13.3. The fourth-order valence-corrected chi connectivity index (χ4v) is 4.75. The van der Waals surface area contributed by atoms with Crippen molar-refractivity contribution >= 4 is 42.8 Å². The Labute approximate surface area is 165 Å². The molecule has 3 rings (SSSR count). The number of ether oxygens (including phenoxy) is 2. The molecule has 0 saturated carbocycles. The van der Waals surface area contributed by atoms with Gasteiger partial charge in [-0.3, -0.25) is 0 Å². The van der Waals surface area contributed by atoms with Crippen LogP contribution in [0.15, 0.2) is 51.8 Å². The van der Waals surface area contributed by atoms with E-state index >= 15 is 0 Å². The Hall–Kier alpha value is -2.32. The van der Waals surface area contributed by atoms with E-state index in [1.54, 1.807) is 31.2 Å². The molecule has 0 unspecified atom stereocenters. The Morgan fingerprint density at radius 1 is 1.15 bits per heavy atom. The first kappa shape index (κ1) is 19.4. The predicted octanol–water partition coefficient (Wildman–Crippen LogP) is 4.13. The van der Waals surface area contributed by atoms with Gasteiger partial charge in [-0.1, -0.05) is 17.7 Å². The van der Waals surface area contributed by atoms with Gasteiger partial charge >= 0.3 is 5.97 Å². The van der Waals surface area contributed by atoms with Crippen LogP contribution < -0.4 is 4.74 Å². The van der Waals surface area contributed by atoms with E-state index in [2.05, 4.69) is 15.9 Å². The zero-order valence-electron chi connectivity index (χ0n) is 15.0. The molecule has 0 aliphatic heterocycles. The van der Waals surface area contributed by atoms with Crippen LogP contribution in [0, 0.1) is 6.92 Å². The van der Waals surface area contributed by atoms with Crippen LogP contribution in [-0.4, -0.2) is 32.1 Å². The second-order valence-corrected chi connectivity index (χ2v) is 8.52. The van der Waals surface area contributed by atoms with Crippen molar-refractivity contribution in [3.05, 3.63) is 58.2 Å². The highest BCUT2D eigenvalue weighted by Crippen LogP contribution is 2.34. The van der Waals surface area contributed by atoms with Crippen molar-refractivity contribution in [2.75, 3.05) is 13.7 Å². The van der Waals surface area contributed by atoms with Crippen molar-refractivity contribution in [2.24, 2.45) is 0 Å². The summed E-state index contributed by atoms with van der Waals surface area (Å²) in [5.41, 5.74) is 1.23. The summed E-state index contributed by atoms with van der Waals surface area (Å²) in [6, 6.07) is 11.2. The molecular formula is C19H18BrNO5S. The highest BCUT2D eigenvalue weighted by atomic mass is 79.9. The van der Waals surface area contributed by atoms with E-state index in [1.807, 2.05) is 6.92 Å². The fraction of sp³-hybridized carbons (Fsp3) is 0.211. The van der Waals surface area contributed by atoms with Gasteiger partial charge < -0.3 is 9.47 Å². The van der Waals surface area contributed by atoms with Crippen LogP contribution in [0.1, 0.15) is 23.0 Å². The van der Waals surface area contributed by atoms with Crippen LogP contribution in [0.5, 0.6) is 5.75 Å². The molecule has 0 saturated heterocycles. The minimum absolute atomic E-state index is 0.0624. The molecule has 0 fully saturated rings. The van der Waals surface area contributed by atoms with Crippen LogP contribution in [0.4, 0.5) is 0 Å². The first-order valence-electron chi connectivity index (χ1n) is 8.18. The summed E-state index contributed by atoms with van der Waals surface area (Å²) in [5.74, 6) is -0.178. The molecule has 27 heavy (non-hydrogen) atoms. The predicted molar refractivity (Wildman–Crippen MR) is 106 cm³/mol. The average Bonchev–Trinajstić information content (AvgIpc) is 3.00. The molecular weight excluding hydrogens is 434 g/mol. The number of benzene rings is 2. The van der Waals surface area contributed by atoms with Gasteiger partial charge in [0.1, 0.15) is 11.4 Å². The summed E-state index contributed by atoms with van der Waals surface area (Å²) >= 11 is 3.37. The number of carbonyl (C=O) groups excluding carboxylic acids is 1. The molecule has 6 nitrogen and oxygen atoms in total. The first-order chi connectivity index (χ1) is 12.8. The van der Waals surface area contributed by atoms with Crippen LogP contribution in [0.2, 0.25) is 0 Å². The fourth-order valence-electron chi connectivity index (χ4n) is 2.76. The van der Waals surface area contributed by atoms with Crippen molar-refractivity contribution in [3.8, 4) is 5.75 Å². The average molecular weight is 452 g/mol. The van der Waals surface area contributed by atoms with E-state index in [1.165, 1.54) is 25.3 Å². The molecule has 8 heteroatoms. The topological polar surface area (TPSA) is 74.6 Å². The van der Waals surface area contributed by atoms with E-state index in [4.69, 9.17) is 9.47 Å².